The first-order chi connectivity index (χ1) is 19.9. The monoisotopic (exact) mass is 570 g/mol. The number of rotatable bonds is 12. The summed E-state index contributed by atoms with van der Waals surface area (Å²) < 4.78 is 34.3. The summed E-state index contributed by atoms with van der Waals surface area (Å²) in [5.41, 5.74) is 5.67. The van der Waals surface area contributed by atoms with Crippen LogP contribution in [0.2, 0.25) is 0 Å². The summed E-state index contributed by atoms with van der Waals surface area (Å²) in [5, 5.41) is 4.14. The number of methoxy groups -OCH3 is 1. The highest BCUT2D eigenvalue weighted by atomic mass is 32.2. The predicted octanol–water partition coefficient (Wildman–Crippen LogP) is 5.70. The maximum absolute atomic E-state index is 13.9. The van der Waals surface area contributed by atoms with E-state index in [0.29, 0.717) is 5.75 Å². The number of hydrogen-bond donors (Lipinski definition) is 1. The summed E-state index contributed by atoms with van der Waals surface area (Å²) in [6.07, 6.45) is 1.56. The lowest BCUT2D eigenvalue weighted by Crippen LogP contribution is -2.33. The van der Waals surface area contributed by atoms with Crippen molar-refractivity contribution in [2.24, 2.45) is 5.10 Å². The van der Waals surface area contributed by atoms with E-state index in [1.54, 1.807) is 42.6 Å². The number of carbonyl (C=O) groups is 1. The van der Waals surface area contributed by atoms with Gasteiger partial charge in [-0.2, -0.15) is 5.10 Å². The van der Waals surface area contributed by atoms with Gasteiger partial charge in [0, 0.05) is 18.8 Å². The van der Waals surface area contributed by atoms with E-state index in [0.717, 1.165) is 29.9 Å². The van der Waals surface area contributed by atoms with Crippen molar-refractivity contribution in [2.45, 2.75) is 25.3 Å². The van der Waals surface area contributed by atoms with Crippen molar-refractivity contribution in [2.75, 3.05) is 29.4 Å². The molecule has 4 aromatic carbocycles. The van der Waals surface area contributed by atoms with Crippen LogP contribution in [0.3, 0.4) is 0 Å². The number of hydrazone groups is 1. The van der Waals surface area contributed by atoms with Crippen LogP contribution in [0.5, 0.6) is 5.75 Å². The third-order valence-corrected chi connectivity index (χ3v) is 8.41. The van der Waals surface area contributed by atoms with E-state index >= 15 is 0 Å². The number of sulfonamides is 1. The van der Waals surface area contributed by atoms with E-state index in [4.69, 9.17) is 4.74 Å². The van der Waals surface area contributed by atoms with Gasteiger partial charge in [-0.15, -0.1) is 0 Å². The summed E-state index contributed by atoms with van der Waals surface area (Å²) in [6, 6.07) is 29.9. The highest BCUT2D eigenvalue weighted by Gasteiger charge is 2.28. The van der Waals surface area contributed by atoms with Gasteiger partial charge >= 0.3 is 0 Å². The van der Waals surface area contributed by atoms with Crippen LogP contribution < -0.4 is 19.4 Å². The second-order valence-electron chi connectivity index (χ2n) is 9.15. The number of nitrogens with zero attached hydrogens (tertiary/aromatic N) is 3. The number of anilines is 2. The summed E-state index contributed by atoms with van der Waals surface area (Å²) in [6.45, 7) is 6.07. The van der Waals surface area contributed by atoms with Crippen LogP contribution in [0.1, 0.15) is 35.3 Å². The molecule has 0 radical (unpaired) electrons. The van der Waals surface area contributed by atoms with E-state index < -0.39 is 15.9 Å². The van der Waals surface area contributed by atoms with E-state index in [1.165, 1.54) is 23.5 Å². The van der Waals surface area contributed by atoms with Crippen LogP contribution in [-0.2, 0) is 16.6 Å². The fourth-order valence-corrected chi connectivity index (χ4v) is 5.86. The first-order valence-corrected chi connectivity index (χ1v) is 14.8. The molecular weight excluding hydrogens is 536 g/mol. The molecule has 0 aliphatic heterocycles. The first kappa shape index (κ1) is 29.4. The lowest BCUT2D eigenvalue weighted by molar-refractivity contribution is 0.0955. The topological polar surface area (TPSA) is 91.3 Å². The zero-order valence-corrected chi connectivity index (χ0v) is 24.2. The molecule has 9 heteroatoms. The Bertz CT molecular complexity index is 1570. The minimum absolute atomic E-state index is 0.0294. The highest BCUT2D eigenvalue weighted by molar-refractivity contribution is 7.92. The van der Waals surface area contributed by atoms with Gasteiger partial charge in [0.05, 0.1) is 36.0 Å². The lowest BCUT2D eigenvalue weighted by atomic mass is 10.1. The van der Waals surface area contributed by atoms with Crippen molar-refractivity contribution in [3.8, 4) is 5.75 Å². The highest BCUT2D eigenvalue weighted by Crippen LogP contribution is 2.30. The van der Waals surface area contributed by atoms with Crippen LogP contribution in [0.4, 0.5) is 11.4 Å². The van der Waals surface area contributed by atoms with Gasteiger partial charge in [0.15, 0.2) is 0 Å². The standard InChI is InChI=1S/C32H34N4O4S/c1-4-35(5-2)27-17-15-25(16-18-27)23-33-34-32(37)30-13-9-10-14-31(30)36(24-26-11-7-6-8-12-26)41(38,39)29-21-19-28(40-3)20-22-29/h6-23H,4-5,24H2,1-3H3,(H,34,37)/b33-23-. The Kier molecular flexibility index (Phi) is 9.76. The number of hydrogen-bond acceptors (Lipinski definition) is 6. The summed E-state index contributed by atoms with van der Waals surface area (Å²) in [7, 11) is -2.54. The lowest BCUT2D eigenvalue weighted by Gasteiger charge is -2.26. The number of para-hydroxylation sites is 1. The Morgan fingerprint density at radius 1 is 0.854 bits per heavy atom. The fourth-order valence-electron chi connectivity index (χ4n) is 4.39. The maximum atomic E-state index is 13.9. The molecule has 0 unspecified atom stereocenters. The minimum atomic E-state index is -4.06. The van der Waals surface area contributed by atoms with Crippen LogP contribution in [0.15, 0.2) is 113 Å². The zero-order chi connectivity index (χ0) is 29.2. The molecule has 0 bridgehead atoms. The van der Waals surface area contributed by atoms with Crippen molar-refractivity contribution >= 4 is 33.5 Å². The molecule has 1 N–H and O–H groups in total. The third kappa shape index (κ3) is 7.12. The van der Waals surface area contributed by atoms with Gasteiger partial charge in [0.1, 0.15) is 5.75 Å². The summed E-state index contributed by atoms with van der Waals surface area (Å²) in [5.74, 6) is 0.0125. The quantitative estimate of drug-likeness (QED) is 0.174. The maximum Gasteiger partial charge on any atom is 0.273 e. The molecule has 212 valence electrons. The van der Waals surface area contributed by atoms with Crippen LogP contribution in [-0.4, -0.2) is 40.7 Å². The van der Waals surface area contributed by atoms with Gasteiger partial charge in [0.25, 0.3) is 15.9 Å². The molecule has 1 amide bonds. The zero-order valence-electron chi connectivity index (χ0n) is 23.4. The van der Waals surface area contributed by atoms with Gasteiger partial charge in [0.2, 0.25) is 0 Å². The predicted molar refractivity (Wildman–Crippen MR) is 164 cm³/mol. The largest absolute Gasteiger partial charge is 0.497 e. The van der Waals surface area contributed by atoms with Crippen LogP contribution in [0.25, 0.3) is 0 Å². The molecule has 0 aromatic heterocycles. The Balaban J connectivity index is 1.62. The number of benzene rings is 4. The van der Waals surface area contributed by atoms with Crippen molar-refractivity contribution < 1.29 is 17.9 Å². The van der Waals surface area contributed by atoms with E-state index in [2.05, 4.69) is 29.3 Å². The molecule has 4 aromatic rings. The Morgan fingerprint density at radius 3 is 2.12 bits per heavy atom. The molecule has 4 rings (SSSR count). The Hall–Kier alpha value is -4.63. The molecule has 8 nitrogen and oxygen atoms in total. The fraction of sp³-hybridized carbons (Fsp3) is 0.188. The van der Waals surface area contributed by atoms with E-state index in [9.17, 15) is 13.2 Å². The number of amides is 1. The number of carbonyl (C=O) groups excluding carboxylic acids is 1. The van der Waals surface area contributed by atoms with Crippen molar-refractivity contribution in [3.63, 3.8) is 0 Å². The second-order valence-corrected chi connectivity index (χ2v) is 11.0. The third-order valence-electron chi connectivity index (χ3n) is 6.64. The summed E-state index contributed by atoms with van der Waals surface area (Å²) >= 11 is 0. The van der Waals surface area contributed by atoms with Gasteiger partial charge in [-0.25, -0.2) is 13.8 Å². The molecule has 0 aliphatic carbocycles. The van der Waals surface area contributed by atoms with Crippen molar-refractivity contribution in [1.29, 1.82) is 0 Å². The van der Waals surface area contributed by atoms with Gasteiger partial charge < -0.3 is 9.64 Å². The average molecular weight is 571 g/mol. The SMILES string of the molecule is CCN(CC)c1ccc(/C=N\NC(=O)c2ccccc2N(Cc2ccccc2)S(=O)(=O)c2ccc(OC)cc2)cc1. The average Bonchev–Trinajstić information content (AvgIpc) is 3.01. The Morgan fingerprint density at radius 2 is 1.49 bits per heavy atom. The van der Waals surface area contributed by atoms with Gasteiger partial charge in [-0.3, -0.25) is 9.10 Å². The van der Waals surface area contributed by atoms with Gasteiger partial charge in [-0.1, -0.05) is 54.6 Å². The van der Waals surface area contributed by atoms with Crippen molar-refractivity contribution in [3.05, 3.63) is 120 Å². The van der Waals surface area contributed by atoms with Crippen molar-refractivity contribution in [1.82, 2.24) is 5.43 Å². The van der Waals surface area contributed by atoms with E-state index in [-0.39, 0.29) is 22.7 Å². The molecular formula is C32H34N4O4S. The minimum Gasteiger partial charge on any atom is -0.497 e. The molecule has 0 saturated carbocycles. The van der Waals surface area contributed by atoms with Crippen LogP contribution >= 0.6 is 0 Å². The normalized spacial score (nSPS) is 11.3. The summed E-state index contributed by atoms with van der Waals surface area (Å²) in [4.78, 5) is 15.6. The molecule has 0 atom stereocenters. The number of ether oxygens (including phenoxy) is 1. The molecule has 0 saturated heterocycles. The van der Waals surface area contributed by atoms with E-state index in [1.807, 2.05) is 54.6 Å². The molecule has 0 aliphatic rings. The molecule has 0 fully saturated rings. The molecule has 0 heterocycles. The second kappa shape index (κ2) is 13.6. The first-order valence-electron chi connectivity index (χ1n) is 13.4. The smallest absolute Gasteiger partial charge is 0.273 e. The molecule has 41 heavy (non-hydrogen) atoms. The molecule has 0 spiro atoms. The van der Waals surface area contributed by atoms with Gasteiger partial charge in [-0.05, 0) is 73.5 Å². The van der Waals surface area contributed by atoms with Crippen LogP contribution in [0, 0.1) is 0 Å². The Labute approximate surface area is 241 Å². The number of nitrogens with one attached hydrogen (secondary N) is 1.